The molecule has 27 heavy (non-hydrogen) atoms. The highest BCUT2D eigenvalue weighted by molar-refractivity contribution is 6.32. The minimum absolute atomic E-state index is 0.116. The van der Waals surface area contributed by atoms with Crippen molar-refractivity contribution in [3.63, 3.8) is 0 Å². The number of halogens is 1. The second-order valence-corrected chi connectivity index (χ2v) is 7.23. The largest absolute Gasteiger partial charge is 0.504 e. The highest BCUT2D eigenvalue weighted by Crippen LogP contribution is 2.34. The van der Waals surface area contributed by atoms with Gasteiger partial charge in [-0.1, -0.05) is 31.5 Å². The van der Waals surface area contributed by atoms with E-state index in [1.165, 1.54) is 6.07 Å². The molecule has 0 spiro atoms. The molecule has 3 aromatic rings. The summed E-state index contributed by atoms with van der Waals surface area (Å²) in [5.74, 6) is 1.26. The van der Waals surface area contributed by atoms with Gasteiger partial charge in [0.15, 0.2) is 5.75 Å². The van der Waals surface area contributed by atoms with Crippen LogP contribution in [-0.2, 0) is 13.0 Å². The zero-order chi connectivity index (χ0) is 19.6. The summed E-state index contributed by atoms with van der Waals surface area (Å²) in [5.41, 5.74) is 0.286. The quantitative estimate of drug-likeness (QED) is 0.396. The third-order valence-electron chi connectivity index (χ3n) is 4.40. The molecule has 0 aliphatic carbocycles. The molecule has 6 nitrogen and oxygen atoms in total. The molecule has 0 saturated carbocycles. The van der Waals surface area contributed by atoms with E-state index in [-0.39, 0.29) is 27.8 Å². The number of benzene rings is 1. The Morgan fingerprint density at radius 2 is 1.89 bits per heavy atom. The molecule has 0 unspecified atom stereocenters. The van der Waals surface area contributed by atoms with Crippen molar-refractivity contribution in [3.8, 4) is 5.75 Å². The zero-order valence-electron chi connectivity index (χ0n) is 15.1. The Bertz CT molecular complexity index is 1020. The maximum atomic E-state index is 12.0. The van der Waals surface area contributed by atoms with Crippen molar-refractivity contribution >= 4 is 28.7 Å². The predicted octanol–water partition coefficient (Wildman–Crippen LogP) is 4.18. The van der Waals surface area contributed by atoms with Gasteiger partial charge in [0.1, 0.15) is 17.1 Å². The maximum absolute atomic E-state index is 12.0. The number of aromatic hydroxyl groups is 1. The lowest BCUT2D eigenvalue weighted by Crippen LogP contribution is -2.36. The van der Waals surface area contributed by atoms with Crippen LogP contribution in [-0.4, -0.2) is 5.11 Å². The Balaban J connectivity index is 1.74. The van der Waals surface area contributed by atoms with E-state index in [9.17, 15) is 14.7 Å². The molecular weight excluding hydrogens is 368 g/mol. The molecule has 0 fully saturated rings. The number of nitrogens with one attached hydrogen (secondary N) is 2. The summed E-state index contributed by atoms with van der Waals surface area (Å²) in [6.45, 7) is 4.66. The number of aryl methyl sites for hydroxylation is 1. The Hall–Kier alpha value is -2.73. The van der Waals surface area contributed by atoms with E-state index in [0.717, 1.165) is 24.2 Å². The van der Waals surface area contributed by atoms with Gasteiger partial charge < -0.3 is 20.2 Å². The smallest absolute Gasteiger partial charge is 0.253 e. The molecule has 0 amide bonds. The number of hydrogen-bond acceptors (Lipinski definition) is 6. The average molecular weight is 389 g/mol. The number of phenolic OH excluding ortho intramolecular Hbond substituents is 1. The van der Waals surface area contributed by atoms with Crippen LogP contribution >= 0.6 is 11.6 Å². The fourth-order valence-corrected chi connectivity index (χ4v) is 2.95. The van der Waals surface area contributed by atoms with Gasteiger partial charge in [-0.3, -0.25) is 9.59 Å². The molecule has 1 aromatic heterocycles. The molecule has 0 aliphatic heterocycles. The van der Waals surface area contributed by atoms with Crippen LogP contribution in [0.15, 0.2) is 44.5 Å². The Kier molecular flexibility index (Phi) is 5.56. The Morgan fingerprint density at radius 3 is 2.63 bits per heavy atom. The molecular formula is C20H21ClN2O4. The van der Waals surface area contributed by atoms with E-state index in [1.54, 1.807) is 18.4 Å². The molecule has 3 rings (SSSR count). The first kappa shape index (κ1) is 19.0. The molecule has 2 aromatic carbocycles. The van der Waals surface area contributed by atoms with E-state index in [4.69, 9.17) is 16.0 Å². The van der Waals surface area contributed by atoms with Crippen molar-refractivity contribution < 1.29 is 9.52 Å². The predicted molar refractivity (Wildman–Crippen MR) is 107 cm³/mol. The van der Waals surface area contributed by atoms with Crippen LogP contribution in [0.5, 0.6) is 5.75 Å². The lowest BCUT2D eigenvalue weighted by Gasteiger charge is -2.16. The Labute approximate surface area is 161 Å². The van der Waals surface area contributed by atoms with Crippen molar-refractivity contribution in [2.45, 2.75) is 33.2 Å². The lowest BCUT2D eigenvalue weighted by molar-refractivity contribution is 0.471. The lowest BCUT2D eigenvalue weighted by atomic mass is 10.0. The van der Waals surface area contributed by atoms with Gasteiger partial charge in [0, 0.05) is 18.5 Å². The molecule has 142 valence electrons. The number of anilines is 3. The standard InChI is InChI=1S/C20H21ClN2O4/c1-11(2)6-7-15-12(8-9-27-15)10-22-16-17(20(26)19(16)25)23-14-5-3-4-13(21)18(14)24/h3-5,8-9,11,22-24H,6-7,10H2,1-2H3. The molecule has 0 radical (unpaired) electrons. The second kappa shape index (κ2) is 7.88. The number of phenols is 1. The van der Waals surface area contributed by atoms with Crippen molar-refractivity contribution in [3.05, 3.63) is 67.3 Å². The fraction of sp³-hybridized carbons (Fsp3) is 0.300. The van der Waals surface area contributed by atoms with Crippen LogP contribution in [0, 0.1) is 5.92 Å². The van der Waals surface area contributed by atoms with Gasteiger partial charge in [-0.15, -0.1) is 0 Å². The summed E-state index contributed by atoms with van der Waals surface area (Å²) in [5, 5.41) is 15.9. The summed E-state index contributed by atoms with van der Waals surface area (Å²) in [6.07, 6.45) is 3.44. The monoisotopic (exact) mass is 388 g/mol. The van der Waals surface area contributed by atoms with Crippen molar-refractivity contribution in [2.24, 2.45) is 5.92 Å². The molecule has 7 heteroatoms. The fourth-order valence-electron chi connectivity index (χ4n) is 2.78. The van der Waals surface area contributed by atoms with Crippen molar-refractivity contribution in [1.82, 2.24) is 0 Å². The van der Waals surface area contributed by atoms with Gasteiger partial charge in [-0.2, -0.15) is 0 Å². The molecule has 1 heterocycles. The Morgan fingerprint density at radius 1 is 1.15 bits per heavy atom. The normalized spacial score (nSPS) is 11.3. The number of furan rings is 1. The minimum Gasteiger partial charge on any atom is -0.504 e. The molecule has 0 aliphatic rings. The average Bonchev–Trinajstić information content (AvgIpc) is 3.09. The van der Waals surface area contributed by atoms with E-state index in [1.807, 2.05) is 6.07 Å². The summed E-state index contributed by atoms with van der Waals surface area (Å²) >= 11 is 5.87. The van der Waals surface area contributed by atoms with Crippen LogP contribution in [0.4, 0.5) is 17.1 Å². The van der Waals surface area contributed by atoms with Gasteiger partial charge in [0.25, 0.3) is 10.9 Å². The summed E-state index contributed by atoms with van der Waals surface area (Å²) in [7, 11) is 0. The van der Waals surface area contributed by atoms with Crippen LogP contribution in [0.2, 0.25) is 5.02 Å². The molecule has 3 N–H and O–H groups in total. The highest BCUT2D eigenvalue weighted by atomic mass is 35.5. The topological polar surface area (TPSA) is 91.6 Å². The first-order valence-electron chi connectivity index (χ1n) is 8.75. The number of rotatable bonds is 8. The SMILES string of the molecule is CC(C)CCc1occc1CNc1c(Nc2cccc(Cl)c2O)c(=O)c1=O. The van der Waals surface area contributed by atoms with Crippen LogP contribution in [0.25, 0.3) is 0 Å². The summed E-state index contributed by atoms with van der Waals surface area (Å²) in [4.78, 5) is 23.9. The van der Waals surface area contributed by atoms with Crippen LogP contribution in [0.1, 0.15) is 31.6 Å². The zero-order valence-corrected chi connectivity index (χ0v) is 15.9. The van der Waals surface area contributed by atoms with Gasteiger partial charge >= 0.3 is 0 Å². The van der Waals surface area contributed by atoms with E-state index >= 15 is 0 Å². The van der Waals surface area contributed by atoms with Crippen LogP contribution in [0.3, 0.4) is 0 Å². The van der Waals surface area contributed by atoms with Crippen molar-refractivity contribution in [1.29, 1.82) is 0 Å². The molecule has 0 bridgehead atoms. The van der Waals surface area contributed by atoms with E-state index < -0.39 is 10.9 Å². The summed E-state index contributed by atoms with van der Waals surface area (Å²) < 4.78 is 5.53. The van der Waals surface area contributed by atoms with E-state index in [0.29, 0.717) is 12.5 Å². The summed E-state index contributed by atoms with van der Waals surface area (Å²) in [6, 6.07) is 6.59. The first-order chi connectivity index (χ1) is 12.9. The maximum Gasteiger partial charge on any atom is 0.253 e. The first-order valence-corrected chi connectivity index (χ1v) is 9.13. The molecule has 0 atom stereocenters. The third kappa shape index (κ3) is 4.01. The van der Waals surface area contributed by atoms with Crippen molar-refractivity contribution in [2.75, 3.05) is 10.6 Å². The van der Waals surface area contributed by atoms with Crippen LogP contribution < -0.4 is 21.5 Å². The van der Waals surface area contributed by atoms with Gasteiger partial charge in [0.05, 0.1) is 17.0 Å². The third-order valence-corrected chi connectivity index (χ3v) is 4.70. The second-order valence-electron chi connectivity index (χ2n) is 6.82. The van der Waals surface area contributed by atoms with E-state index in [2.05, 4.69) is 24.5 Å². The minimum atomic E-state index is -0.635. The van der Waals surface area contributed by atoms with Gasteiger partial charge in [-0.25, -0.2) is 0 Å². The highest BCUT2D eigenvalue weighted by Gasteiger charge is 2.22. The van der Waals surface area contributed by atoms with Gasteiger partial charge in [0.2, 0.25) is 0 Å². The number of hydrogen-bond donors (Lipinski definition) is 3. The van der Waals surface area contributed by atoms with Gasteiger partial charge in [-0.05, 0) is 30.5 Å². The molecule has 0 saturated heterocycles. The number of para-hydroxylation sites is 1.